The van der Waals surface area contributed by atoms with Crippen molar-refractivity contribution in [1.29, 1.82) is 0 Å². The van der Waals surface area contributed by atoms with E-state index in [1.165, 1.54) is 0 Å². The molecular formula is C14H16Cl3N3O2. The maximum absolute atomic E-state index is 6.15. The second-order valence-corrected chi connectivity index (χ2v) is 6.04. The predicted octanol–water partition coefficient (Wildman–Crippen LogP) is 3.76. The molecule has 1 fully saturated rings. The fraction of sp³-hybridized carbons (Fsp3) is 0.429. The van der Waals surface area contributed by atoms with Gasteiger partial charge in [0.15, 0.2) is 5.82 Å². The lowest BCUT2D eigenvalue weighted by Gasteiger charge is -2.34. The van der Waals surface area contributed by atoms with Crippen molar-refractivity contribution in [2.24, 2.45) is 5.73 Å². The van der Waals surface area contributed by atoms with Gasteiger partial charge < -0.3 is 15.0 Å². The summed E-state index contributed by atoms with van der Waals surface area (Å²) in [5.74, 6) is 1.69. The minimum Gasteiger partial charge on any atom is -0.491 e. The second-order valence-electron chi connectivity index (χ2n) is 5.19. The van der Waals surface area contributed by atoms with E-state index in [1.54, 1.807) is 18.2 Å². The number of aromatic nitrogens is 2. The number of hydrogen-bond acceptors (Lipinski definition) is 5. The highest BCUT2D eigenvalue weighted by molar-refractivity contribution is 6.35. The Hall–Kier alpha value is -1.01. The van der Waals surface area contributed by atoms with Gasteiger partial charge in [0.1, 0.15) is 5.75 Å². The van der Waals surface area contributed by atoms with Crippen molar-refractivity contribution in [2.75, 3.05) is 6.61 Å². The highest BCUT2D eigenvalue weighted by atomic mass is 35.5. The molecule has 3 rings (SSSR count). The van der Waals surface area contributed by atoms with E-state index in [4.69, 9.17) is 38.2 Å². The fourth-order valence-corrected chi connectivity index (χ4v) is 2.64. The van der Waals surface area contributed by atoms with Gasteiger partial charge in [-0.2, -0.15) is 4.98 Å². The lowest BCUT2D eigenvalue weighted by molar-refractivity contribution is 0.228. The molecule has 1 aromatic carbocycles. The van der Waals surface area contributed by atoms with Crippen LogP contribution < -0.4 is 10.5 Å². The number of benzene rings is 1. The Morgan fingerprint density at radius 1 is 1.32 bits per heavy atom. The highest BCUT2D eigenvalue weighted by Crippen LogP contribution is 2.36. The summed E-state index contributed by atoms with van der Waals surface area (Å²) in [7, 11) is 0. The van der Waals surface area contributed by atoms with E-state index in [2.05, 4.69) is 10.1 Å². The molecule has 0 amide bonds. The monoisotopic (exact) mass is 363 g/mol. The minimum atomic E-state index is -0.401. The molecule has 0 bridgehead atoms. The molecule has 0 unspecified atom stereocenters. The van der Waals surface area contributed by atoms with Crippen LogP contribution in [0.25, 0.3) is 0 Å². The first kappa shape index (κ1) is 17.3. The van der Waals surface area contributed by atoms with Crippen molar-refractivity contribution in [1.82, 2.24) is 10.1 Å². The van der Waals surface area contributed by atoms with Crippen LogP contribution in [0.2, 0.25) is 10.0 Å². The van der Waals surface area contributed by atoms with Gasteiger partial charge in [-0.25, -0.2) is 0 Å². The standard InChI is InChI=1S/C14H15Cl2N3O2.ClH/c15-9-2-3-11(10(16)8-9)20-7-4-12-18-13(19-21-12)14(17)5-1-6-14;/h2-3,8H,1,4-7,17H2;1H. The molecule has 1 heterocycles. The summed E-state index contributed by atoms with van der Waals surface area (Å²) in [5, 5.41) is 5.00. The van der Waals surface area contributed by atoms with Crippen LogP contribution in [0.3, 0.4) is 0 Å². The SMILES string of the molecule is Cl.NC1(c2noc(CCOc3ccc(Cl)cc3Cl)n2)CCC1. The summed E-state index contributed by atoms with van der Waals surface area (Å²) in [6, 6.07) is 5.09. The van der Waals surface area contributed by atoms with Crippen LogP contribution in [0, 0.1) is 0 Å². The maximum atomic E-state index is 6.15. The molecular weight excluding hydrogens is 349 g/mol. The zero-order chi connectivity index (χ0) is 14.9. The summed E-state index contributed by atoms with van der Waals surface area (Å²) in [5.41, 5.74) is 5.74. The third kappa shape index (κ3) is 3.66. The Labute approximate surface area is 144 Å². The van der Waals surface area contributed by atoms with Crippen LogP contribution in [-0.4, -0.2) is 16.7 Å². The van der Waals surface area contributed by atoms with Gasteiger partial charge in [-0.05, 0) is 37.5 Å². The lowest BCUT2D eigenvalue weighted by Crippen LogP contribution is -2.44. The van der Waals surface area contributed by atoms with E-state index >= 15 is 0 Å². The third-order valence-electron chi connectivity index (χ3n) is 3.63. The quantitative estimate of drug-likeness (QED) is 0.874. The molecule has 1 aromatic heterocycles. The Balaban J connectivity index is 0.00000176. The van der Waals surface area contributed by atoms with Crippen molar-refractivity contribution in [3.63, 3.8) is 0 Å². The van der Waals surface area contributed by atoms with E-state index in [-0.39, 0.29) is 12.4 Å². The van der Waals surface area contributed by atoms with Gasteiger partial charge in [-0.15, -0.1) is 12.4 Å². The Morgan fingerprint density at radius 3 is 2.73 bits per heavy atom. The molecule has 5 nitrogen and oxygen atoms in total. The average molecular weight is 365 g/mol. The number of halogens is 3. The van der Waals surface area contributed by atoms with Crippen molar-refractivity contribution < 1.29 is 9.26 Å². The normalized spacial score (nSPS) is 15.8. The van der Waals surface area contributed by atoms with Gasteiger partial charge in [0, 0.05) is 5.02 Å². The molecule has 22 heavy (non-hydrogen) atoms. The Bertz CT molecular complexity index is 644. The topological polar surface area (TPSA) is 74.2 Å². The van der Waals surface area contributed by atoms with E-state index in [9.17, 15) is 0 Å². The van der Waals surface area contributed by atoms with Gasteiger partial charge in [-0.3, -0.25) is 0 Å². The maximum Gasteiger partial charge on any atom is 0.230 e. The van der Waals surface area contributed by atoms with Crippen LogP contribution >= 0.6 is 35.6 Å². The van der Waals surface area contributed by atoms with Gasteiger partial charge in [0.25, 0.3) is 0 Å². The first-order chi connectivity index (χ1) is 10.1. The van der Waals surface area contributed by atoms with Crippen LogP contribution in [0.1, 0.15) is 31.0 Å². The first-order valence-electron chi connectivity index (χ1n) is 6.77. The second kappa shape index (κ2) is 7.04. The zero-order valence-corrected chi connectivity index (χ0v) is 14.0. The van der Waals surface area contributed by atoms with Crippen molar-refractivity contribution >= 4 is 35.6 Å². The summed E-state index contributed by atoms with van der Waals surface area (Å²) in [6.07, 6.45) is 3.42. The highest BCUT2D eigenvalue weighted by Gasteiger charge is 2.38. The average Bonchev–Trinajstić information content (AvgIpc) is 2.88. The Kier molecular flexibility index (Phi) is 5.55. The van der Waals surface area contributed by atoms with Crippen LogP contribution in [0.4, 0.5) is 0 Å². The number of ether oxygens (including phenoxy) is 1. The van der Waals surface area contributed by atoms with Crippen molar-refractivity contribution in [3.05, 3.63) is 40.0 Å². The van der Waals surface area contributed by atoms with Crippen molar-refractivity contribution in [2.45, 2.75) is 31.2 Å². The summed E-state index contributed by atoms with van der Waals surface area (Å²) >= 11 is 11.9. The fourth-order valence-electron chi connectivity index (χ4n) is 2.18. The molecule has 0 atom stereocenters. The van der Waals surface area contributed by atoms with E-state index in [0.717, 1.165) is 19.3 Å². The molecule has 8 heteroatoms. The molecule has 1 saturated carbocycles. The molecule has 0 spiro atoms. The lowest BCUT2D eigenvalue weighted by atomic mass is 9.77. The molecule has 2 aromatic rings. The molecule has 1 aliphatic carbocycles. The van der Waals surface area contributed by atoms with Crippen LogP contribution in [0.5, 0.6) is 5.75 Å². The van der Waals surface area contributed by atoms with Gasteiger partial charge >= 0.3 is 0 Å². The van der Waals surface area contributed by atoms with Gasteiger partial charge in [0.2, 0.25) is 5.89 Å². The third-order valence-corrected chi connectivity index (χ3v) is 4.16. The molecule has 0 saturated heterocycles. The van der Waals surface area contributed by atoms with Gasteiger partial charge in [-0.1, -0.05) is 28.4 Å². The molecule has 2 N–H and O–H groups in total. The number of rotatable bonds is 5. The number of nitrogens with zero attached hydrogens (tertiary/aromatic N) is 2. The minimum absolute atomic E-state index is 0. The van der Waals surface area contributed by atoms with Gasteiger partial charge in [0.05, 0.1) is 23.6 Å². The van der Waals surface area contributed by atoms with Crippen LogP contribution in [0.15, 0.2) is 22.7 Å². The molecule has 0 aliphatic heterocycles. The first-order valence-corrected chi connectivity index (χ1v) is 7.52. The molecule has 120 valence electrons. The number of hydrogen-bond donors (Lipinski definition) is 1. The predicted molar refractivity (Wildman–Crippen MR) is 86.9 cm³/mol. The summed E-state index contributed by atoms with van der Waals surface area (Å²) in [4.78, 5) is 4.33. The van der Waals surface area contributed by atoms with E-state index in [1.807, 2.05) is 0 Å². The molecule has 1 aliphatic rings. The van der Waals surface area contributed by atoms with Crippen LogP contribution in [-0.2, 0) is 12.0 Å². The zero-order valence-electron chi connectivity index (χ0n) is 11.7. The largest absolute Gasteiger partial charge is 0.491 e. The summed E-state index contributed by atoms with van der Waals surface area (Å²) in [6.45, 7) is 0.389. The molecule has 0 radical (unpaired) electrons. The van der Waals surface area contributed by atoms with E-state index in [0.29, 0.717) is 40.5 Å². The van der Waals surface area contributed by atoms with E-state index < -0.39 is 5.54 Å². The smallest absolute Gasteiger partial charge is 0.230 e. The number of nitrogens with two attached hydrogens (primary N) is 1. The summed E-state index contributed by atoms with van der Waals surface area (Å²) < 4.78 is 10.8. The van der Waals surface area contributed by atoms with Crippen molar-refractivity contribution in [3.8, 4) is 5.75 Å². The Morgan fingerprint density at radius 2 is 2.09 bits per heavy atom.